The van der Waals surface area contributed by atoms with Gasteiger partial charge in [0.25, 0.3) is 0 Å². The summed E-state index contributed by atoms with van der Waals surface area (Å²) in [4.78, 5) is 0. The molecule has 0 heterocycles. The fourth-order valence-electron chi connectivity index (χ4n) is 7.43. The Balaban J connectivity index is 1.17. The van der Waals surface area contributed by atoms with E-state index in [9.17, 15) is 8.78 Å². The maximum atomic E-state index is 15.4. The molecule has 1 nitrogen and oxygen atoms in total. The van der Waals surface area contributed by atoms with Crippen molar-refractivity contribution in [2.24, 2.45) is 17.8 Å². The summed E-state index contributed by atoms with van der Waals surface area (Å²) in [5.41, 5.74) is 3.22. The Bertz CT molecular complexity index is 1270. The average Bonchev–Trinajstić information content (AvgIpc) is 3.00. The number of hydrogen-bond donors (Lipinski definition) is 0. The van der Waals surface area contributed by atoms with E-state index in [2.05, 4.69) is 6.92 Å². The first kappa shape index (κ1) is 29.7. The third-order valence-electron chi connectivity index (χ3n) is 9.86. The third kappa shape index (κ3) is 7.01. The zero-order valence-corrected chi connectivity index (χ0v) is 24.7. The highest BCUT2D eigenvalue weighted by molar-refractivity contribution is 5.71. The molecule has 2 aliphatic carbocycles. The lowest BCUT2D eigenvalue weighted by molar-refractivity contribution is 0.155. The van der Waals surface area contributed by atoms with Crippen molar-refractivity contribution in [2.75, 3.05) is 6.61 Å². The van der Waals surface area contributed by atoms with Crippen LogP contribution in [0.4, 0.5) is 13.2 Å². The first-order valence-corrected chi connectivity index (χ1v) is 16.0. The Kier molecular flexibility index (Phi) is 10.1. The van der Waals surface area contributed by atoms with Crippen molar-refractivity contribution < 1.29 is 17.9 Å². The molecular weight excluding hydrogens is 517 g/mol. The topological polar surface area (TPSA) is 9.23 Å². The molecule has 0 atom stereocenters. The van der Waals surface area contributed by atoms with E-state index in [1.54, 1.807) is 25.1 Å². The van der Waals surface area contributed by atoms with Gasteiger partial charge in [-0.05, 0) is 110 Å². The molecular formula is C37H45F3O. The minimum atomic E-state index is -0.981. The zero-order valence-electron chi connectivity index (χ0n) is 24.7. The largest absolute Gasteiger partial charge is 0.491 e. The molecule has 3 aromatic rings. The highest BCUT2D eigenvalue weighted by atomic mass is 19.2. The quantitative estimate of drug-likeness (QED) is 0.223. The normalized spacial score (nSPS) is 23.0. The van der Waals surface area contributed by atoms with Crippen LogP contribution in [0.1, 0.15) is 102 Å². The van der Waals surface area contributed by atoms with Gasteiger partial charge in [0.05, 0.1) is 6.61 Å². The molecule has 0 spiro atoms. The van der Waals surface area contributed by atoms with Gasteiger partial charge in [-0.2, -0.15) is 4.39 Å². The fourth-order valence-corrected chi connectivity index (χ4v) is 7.43. The molecule has 0 bridgehead atoms. The van der Waals surface area contributed by atoms with Crippen LogP contribution in [0.3, 0.4) is 0 Å². The van der Waals surface area contributed by atoms with Gasteiger partial charge in [0.2, 0.25) is 5.82 Å². The summed E-state index contributed by atoms with van der Waals surface area (Å²) < 4.78 is 49.5. The SMILES string of the molecule is CCCCCC1CCC(C2CCC(c3ccc(-c4ccc(-c5ccc(OCC)c(F)c5F)cc4)cc3F)CC2)CC1. The van der Waals surface area contributed by atoms with E-state index < -0.39 is 11.6 Å². The molecule has 2 saturated carbocycles. The molecule has 5 rings (SSSR count). The van der Waals surface area contributed by atoms with Crippen molar-refractivity contribution in [3.63, 3.8) is 0 Å². The highest BCUT2D eigenvalue weighted by Crippen LogP contribution is 2.45. The Morgan fingerprint density at radius 2 is 1.29 bits per heavy atom. The number of benzene rings is 3. The molecule has 4 heteroatoms. The predicted octanol–water partition coefficient (Wildman–Crippen LogP) is 11.5. The zero-order chi connectivity index (χ0) is 28.8. The van der Waals surface area contributed by atoms with Gasteiger partial charge < -0.3 is 4.74 Å². The lowest BCUT2D eigenvalue weighted by Crippen LogP contribution is -2.25. The van der Waals surface area contributed by atoms with Crippen molar-refractivity contribution in [1.29, 1.82) is 0 Å². The van der Waals surface area contributed by atoms with Crippen molar-refractivity contribution >= 4 is 0 Å². The molecule has 41 heavy (non-hydrogen) atoms. The summed E-state index contributed by atoms with van der Waals surface area (Å²) in [5, 5.41) is 0. The number of halogens is 3. The van der Waals surface area contributed by atoms with Gasteiger partial charge in [0.15, 0.2) is 11.6 Å². The van der Waals surface area contributed by atoms with Gasteiger partial charge in [-0.25, -0.2) is 8.78 Å². The minimum absolute atomic E-state index is 0.0882. The maximum absolute atomic E-state index is 15.4. The number of unbranched alkanes of at least 4 members (excludes halogenated alkanes) is 2. The van der Waals surface area contributed by atoms with Crippen LogP contribution in [-0.4, -0.2) is 6.61 Å². The summed E-state index contributed by atoms with van der Waals surface area (Å²) >= 11 is 0. The molecule has 0 unspecified atom stereocenters. The summed E-state index contributed by atoms with van der Waals surface area (Å²) in [5.74, 6) is 0.810. The molecule has 220 valence electrons. The summed E-state index contributed by atoms with van der Waals surface area (Å²) in [6.45, 7) is 4.28. The molecule has 0 radical (unpaired) electrons. The number of ether oxygens (including phenoxy) is 1. The van der Waals surface area contributed by atoms with Gasteiger partial charge in [-0.15, -0.1) is 0 Å². The molecule has 0 amide bonds. The van der Waals surface area contributed by atoms with Crippen molar-refractivity contribution in [3.8, 4) is 28.0 Å². The van der Waals surface area contributed by atoms with Crippen LogP contribution in [-0.2, 0) is 0 Å². The Morgan fingerprint density at radius 1 is 0.659 bits per heavy atom. The van der Waals surface area contributed by atoms with E-state index in [4.69, 9.17) is 4.74 Å². The van der Waals surface area contributed by atoms with E-state index in [-0.39, 0.29) is 23.7 Å². The molecule has 0 aliphatic heterocycles. The monoisotopic (exact) mass is 562 g/mol. The number of rotatable bonds is 10. The third-order valence-corrected chi connectivity index (χ3v) is 9.86. The van der Waals surface area contributed by atoms with Crippen LogP contribution >= 0.6 is 0 Å². The summed E-state index contributed by atoms with van der Waals surface area (Å²) in [6.07, 6.45) is 15.7. The van der Waals surface area contributed by atoms with Crippen molar-refractivity contribution in [2.45, 2.75) is 96.8 Å². The van der Waals surface area contributed by atoms with Crippen LogP contribution in [0.5, 0.6) is 5.75 Å². The van der Waals surface area contributed by atoms with E-state index >= 15 is 4.39 Å². The van der Waals surface area contributed by atoms with E-state index in [1.165, 1.54) is 76.3 Å². The van der Waals surface area contributed by atoms with Crippen molar-refractivity contribution in [1.82, 2.24) is 0 Å². The first-order valence-electron chi connectivity index (χ1n) is 16.0. The van der Waals surface area contributed by atoms with Crippen LogP contribution in [0, 0.1) is 35.2 Å². The van der Waals surface area contributed by atoms with Gasteiger partial charge in [-0.3, -0.25) is 0 Å². The standard InChI is InChI=1S/C37H45F3O/c1-3-5-6-7-25-8-10-26(11-9-25)27-12-16-29(17-13-27)32-21-20-31(24-34(32)38)28-14-18-30(19-15-28)33-22-23-35(41-4-2)37(40)36(33)39/h14-15,18-27,29H,3-13,16-17H2,1-2H3. The summed E-state index contributed by atoms with van der Waals surface area (Å²) in [6, 6.07) is 15.7. The number of hydrogen-bond acceptors (Lipinski definition) is 1. The fraction of sp³-hybridized carbons (Fsp3) is 0.514. The molecule has 0 N–H and O–H groups in total. The maximum Gasteiger partial charge on any atom is 0.201 e. The molecule has 2 fully saturated rings. The van der Waals surface area contributed by atoms with E-state index in [0.717, 1.165) is 47.3 Å². The molecule has 3 aromatic carbocycles. The lowest BCUT2D eigenvalue weighted by Gasteiger charge is -2.38. The van der Waals surface area contributed by atoms with Gasteiger partial charge >= 0.3 is 0 Å². The Labute approximate surface area is 244 Å². The molecule has 2 aliphatic rings. The second-order valence-electron chi connectivity index (χ2n) is 12.4. The van der Waals surface area contributed by atoms with Crippen LogP contribution in [0.2, 0.25) is 0 Å². The van der Waals surface area contributed by atoms with E-state index in [1.807, 2.05) is 24.3 Å². The van der Waals surface area contributed by atoms with Crippen LogP contribution in [0.15, 0.2) is 54.6 Å². The second kappa shape index (κ2) is 13.9. The van der Waals surface area contributed by atoms with Crippen LogP contribution in [0.25, 0.3) is 22.3 Å². The van der Waals surface area contributed by atoms with E-state index in [0.29, 0.717) is 11.5 Å². The van der Waals surface area contributed by atoms with Crippen LogP contribution < -0.4 is 4.74 Å². The summed E-state index contributed by atoms with van der Waals surface area (Å²) in [7, 11) is 0. The predicted molar refractivity (Wildman–Crippen MR) is 163 cm³/mol. The lowest BCUT2D eigenvalue weighted by atomic mass is 9.68. The minimum Gasteiger partial charge on any atom is -0.491 e. The van der Waals surface area contributed by atoms with Crippen molar-refractivity contribution in [3.05, 3.63) is 77.6 Å². The molecule has 0 saturated heterocycles. The second-order valence-corrected chi connectivity index (χ2v) is 12.4. The molecule has 0 aromatic heterocycles. The van der Waals surface area contributed by atoms with Gasteiger partial charge in [0, 0.05) is 5.56 Å². The highest BCUT2D eigenvalue weighted by Gasteiger charge is 2.32. The van der Waals surface area contributed by atoms with Gasteiger partial charge in [-0.1, -0.05) is 81.8 Å². The van der Waals surface area contributed by atoms with Gasteiger partial charge in [0.1, 0.15) is 5.82 Å². The first-order chi connectivity index (χ1) is 20.0. The Hall–Kier alpha value is -2.75. The Morgan fingerprint density at radius 3 is 1.93 bits per heavy atom. The smallest absolute Gasteiger partial charge is 0.201 e. The average molecular weight is 563 g/mol.